The van der Waals surface area contributed by atoms with Crippen LogP contribution in [0.1, 0.15) is 23.5 Å². The highest BCUT2D eigenvalue weighted by molar-refractivity contribution is 6.30. The third-order valence-electron chi connectivity index (χ3n) is 5.08. The van der Waals surface area contributed by atoms with E-state index < -0.39 is 5.54 Å². The first-order valence-electron chi connectivity index (χ1n) is 8.91. The summed E-state index contributed by atoms with van der Waals surface area (Å²) in [5, 5.41) is 13.5. The molecule has 4 rings (SSSR count). The minimum Gasteiger partial charge on any atom is -0.394 e. The number of nitrogens with one attached hydrogen (secondary N) is 2. The summed E-state index contributed by atoms with van der Waals surface area (Å²) in [6.45, 7) is 0.931. The third-order valence-corrected chi connectivity index (χ3v) is 5.33. The molecule has 27 heavy (non-hydrogen) atoms. The van der Waals surface area contributed by atoms with E-state index in [0.29, 0.717) is 36.9 Å². The van der Waals surface area contributed by atoms with Crippen LogP contribution in [0.5, 0.6) is 0 Å². The summed E-state index contributed by atoms with van der Waals surface area (Å²) < 4.78 is 7.19. The van der Waals surface area contributed by atoms with E-state index >= 15 is 0 Å². The van der Waals surface area contributed by atoms with E-state index in [0.717, 1.165) is 16.8 Å². The van der Waals surface area contributed by atoms with Crippen molar-refractivity contribution >= 4 is 23.0 Å². The second-order valence-corrected chi connectivity index (χ2v) is 7.25. The van der Waals surface area contributed by atoms with Crippen LogP contribution in [0.15, 0.2) is 48.7 Å². The molecule has 6 nitrogen and oxygen atoms in total. The lowest BCUT2D eigenvalue weighted by Gasteiger charge is -2.35. The Morgan fingerprint density at radius 3 is 2.67 bits per heavy atom. The van der Waals surface area contributed by atoms with Gasteiger partial charge in [0.1, 0.15) is 0 Å². The zero-order chi connectivity index (χ0) is 18.9. The Labute approximate surface area is 161 Å². The number of aromatic nitrogens is 2. The molecule has 0 unspecified atom stereocenters. The highest BCUT2D eigenvalue weighted by Gasteiger charge is 2.36. The van der Waals surface area contributed by atoms with Crippen molar-refractivity contribution in [1.29, 1.82) is 0 Å². The van der Waals surface area contributed by atoms with Crippen molar-refractivity contribution in [3.63, 3.8) is 0 Å². The number of carbonyl (C=O) groups excluding carboxylic acids is 1. The molecule has 140 valence electrons. The van der Waals surface area contributed by atoms with Gasteiger partial charge in [-0.3, -0.25) is 4.79 Å². The maximum absolute atomic E-state index is 13.1. The Kier molecular flexibility index (Phi) is 4.86. The van der Waals surface area contributed by atoms with E-state index in [-0.39, 0.29) is 12.5 Å². The lowest BCUT2D eigenvalue weighted by atomic mass is 9.91. The molecule has 1 amide bonds. The molecule has 3 heterocycles. The van der Waals surface area contributed by atoms with Crippen molar-refractivity contribution in [3.8, 4) is 11.3 Å². The fourth-order valence-corrected chi connectivity index (χ4v) is 3.60. The van der Waals surface area contributed by atoms with Gasteiger partial charge in [0, 0.05) is 23.8 Å². The SMILES string of the molecule is O=C(NC1(CO)CCOCC1)c1[nH]c(-c2ccc(Cl)cc2)c2cccc[n+]12. The van der Waals surface area contributed by atoms with Gasteiger partial charge in [0.15, 0.2) is 11.2 Å². The van der Waals surface area contributed by atoms with Crippen LogP contribution in [0.3, 0.4) is 0 Å². The number of nitrogens with zero attached hydrogens (tertiary/aromatic N) is 1. The minimum atomic E-state index is -0.650. The van der Waals surface area contributed by atoms with E-state index in [2.05, 4.69) is 10.3 Å². The summed E-state index contributed by atoms with van der Waals surface area (Å²) in [6, 6.07) is 13.2. The fourth-order valence-electron chi connectivity index (χ4n) is 3.47. The molecule has 1 aliphatic heterocycles. The molecule has 3 N–H and O–H groups in total. The number of amides is 1. The maximum Gasteiger partial charge on any atom is 0.351 e. The Balaban J connectivity index is 1.73. The molecule has 1 aliphatic rings. The van der Waals surface area contributed by atoms with Gasteiger partial charge in [-0.2, -0.15) is 4.40 Å². The van der Waals surface area contributed by atoms with Gasteiger partial charge in [-0.05, 0) is 49.2 Å². The topological polar surface area (TPSA) is 78.4 Å². The number of fused-ring (bicyclic) bond motifs is 1. The number of aliphatic hydroxyl groups excluding tert-OH is 1. The molecule has 2 aromatic heterocycles. The lowest BCUT2D eigenvalue weighted by molar-refractivity contribution is -0.514. The summed E-state index contributed by atoms with van der Waals surface area (Å²) in [6.07, 6.45) is 3.01. The van der Waals surface area contributed by atoms with E-state index in [4.69, 9.17) is 16.3 Å². The number of rotatable bonds is 4. The summed E-state index contributed by atoms with van der Waals surface area (Å²) in [7, 11) is 0. The molecular weight excluding hydrogens is 366 g/mol. The number of aromatic amines is 1. The van der Waals surface area contributed by atoms with Crippen LogP contribution in [0.2, 0.25) is 5.02 Å². The van der Waals surface area contributed by atoms with Gasteiger partial charge in [-0.1, -0.05) is 17.7 Å². The van der Waals surface area contributed by atoms with Gasteiger partial charge in [-0.25, -0.2) is 4.98 Å². The number of aliphatic hydroxyl groups is 1. The number of hydrogen-bond donors (Lipinski definition) is 3. The number of H-pyrrole nitrogens is 1. The van der Waals surface area contributed by atoms with Crippen LogP contribution in [0.4, 0.5) is 0 Å². The van der Waals surface area contributed by atoms with E-state index in [1.54, 1.807) is 0 Å². The average molecular weight is 387 g/mol. The smallest absolute Gasteiger partial charge is 0.351 e. The Morgan fingerprint density at radius 2 is 1.96 bits per heavy atom. The fraction of sp³-hybridized carbons (Fsp3) is 0.300. The number of halogens is 1. The van der Waals surface area contributed by atoms with Crippen molar-refractivity contribution in [2.75, 3.05) is 19.8 Å². The molecule has 3 aromatic rings. The quantitative estimate of drug-likeness (QED) is 0.602. The van der Waals surface area contributed by atoms with Gasteiger partial charge in [-0.15, -0.1) is 0 Å². The summed E-state index contributed by atoms with van der Waals surface area (Å²) in [5.74, 6) is 0.155. The normalized spacial score (nSPS) is 16.4. The Bertz CT molecular complexity index is 962. The van der Waals surface area contributed by atoms with Crippen molar-refractivity contribution in [2.45, 2.75) is 18.4 Å². The minimum absolute atomic E-state index is 0.116. The van der Waals surface area contributed by atoms with Crippen LogP contribution in [0, 0.1) is 0 Å². The number of imidazole rings is 1. The second kappa shape index (κ2) is 7.31. The standard InChI is InChI=1S/C20H20ClN3O3/c21-15-6-4-14(5-7-15)17-16-3-1-2-10-24(16)18(22-17)19(26)23-20(13-25)8-11-27-12-9-20/h1-7,10,25H,8-9,11-13H2,(H,23,26)/p+1. The third kappa shape index (κ3) is 3.43. The zero-order valence-electron chi connectivity index (χ0n) is 14.7. The number of ether oxygens (including phenoxy) is 1. The van der Waals surface area contributed by atoms with E-state index in [9.17, 15) is 9.90 Å². The van der Waals surface area contributed by atoms with E-state index in [1.807, 2.05) is 53.1 Å². The average Bonchev–Trinajstić information content (AvgIpc) is 3.09. The van der Waals surface area contributed by atoms with E-state index in [1.165, 1.54) is 0 Å². The number of benzene rings is 1. The van der Waals surface area contributed by atoms with Gasteiger partial charge in [0.25, 0.3) is 0 Å². The largest absolute Gasteiger partial charge is 0.394 e. The predicted octanol–water partition coefficient (Wildman–Crippen LogP) is 2.35. The van der Waals surface area contributed by atoms with Gasteiger partial charge in [0.2, 0.25) is 0 Å². The van der Waals surface area contributed by atoms with Gasteiger partial charge < -0.3 is 15.2 Å². The molecule has 0 saturated carbocycles. The summed E-state index contributed by atoms with van der Waals surface area (Å²) in [4.78, 5) is 16.3. The van der Waals surface area contributed by atoms with Gasteiger partial charge >= 0.3 is 11.7 Å². The zero-order valence-corrected chi connectivity index (χ0v) is 15.5. The van der Waals surface area contributed by atoms with Crippen molar-refractivity contribution in [1.82, 2.24) is 10.3 Å². The molecule has 0 spiro atoms. The number of carbonyl (C=O) groups is 1. The molecule has 1 fully saturated rings. The van der Waals surface area contributed by atoms with Crippen molar-refractivity contribution in [2.24, 2.45) is 0 Å². The summed E-state index contributed by atoms with van der Waals surface area (Å²) >= 11 is 6.00. The molecule has 0 atom stereocenters. The van der Waals surface area contributed by atoms with Crippen molar-refractivity contribution < 1.29 is 19.0 Å². The molecular formula is C20H21ClN3O3+. The van der Waals surface area contributed by atoms with Crippen molar-refractivity contribution in [3.05, 3.63) is 59.5 Å². The first-order chi connectivity index (χ1) is 13.1. The number of hydrogen-bond acceptors (Lipinski definition) is 3. The van der Waals surface area contributed by atoms with Crippen LogP contribution >= 0.6 is 11.6 Å². The molecule has 0 bridgehead atoms. The predicted molar refractivity (Wildman–Crippen MR) is 102 cm³/mol. The maximum atomic E-state index is 13.1. The Morgan fingerprint density at radius 1 is 1.22 bits per heavy atom. The molecule has 1 aromatic carbocycles. The first-order valence-corrected chi connectivity index (χ1v) is 9.29. The molecule has 0 radical (unpaired) electrons. The van der Waals surface area contributed by atoms with Crippen LogP contribution in [-0.2, 0) is 4.74 Å². The molecule has 0 aliphatic carbocycles. The van der Waals surface area contributed by atoms with Gasteiger partial charge in [0.05, 0.1) is 18.3 Å². The summed E-state index contributed by atoms with van der Waals surface area (Å²) in [5.41, 5.74) is 2.00. The monoisotopic (exact) mass is 386 g/mol. The van der Waals surface area contributed by atoms with Crippen LogP contribution < -0.4 is 9.72 Å². The molecule has 7 heteroatoms. The highest BCUT2D eigenvalue weighted by atomic mass is 35.5. The Hall–Kier alpha value is -2.41. The lowest BCUT2D eigenvalue weighted by Crippen LogP contribution is -2.55. The van der Waals surface area contributed by atoms with Crippen LogP contribution in [0.25, 0.3) is 16.8 Å². The second-order valence-electron chi connectivity index (χ2n) is 6.82. The van der Waals surface area contributed by atoms with Crippen LogP contribution in [-0.4, -0.2) is 41.4 Å². The highest BCUT2D eigenvalue weighted by Crippen LogP contribution is 2.24. The number of pyridine rings is 1. The first kappa shape index (κ1) is 18.0. The molecule has 1 saturated heterocycles.